The van der Waals surface area contributed by atoms with Gasteiger partial charge in [-0.05, 0) is 90.3 Å². The van der Waals surface area contributed by atoms with Gasteiger partial charge in [0.15, 0.2) is 0 Å². The van der Waals surface area contributed by atoms with Gasteiger partial charge >= 0.3 is 0 Å². The normalized spacial score (nSPS) is 10.3. The molecule has 0 atom stereocenters. The topological polar surface area (TPSA) is 72.8 Å². The van der Waals surface area contributed by atoms with Crippen LogP contribution in [0.5, 0.6) is 0 Å². The highest BCUT2D eigenvalue weighted by molar-refractivity contribution is 6.05. The lowest BCUT2D eigenvalue weighted by Crippen LogP contribution is -2.21. The Morgan fingerprint density at radius 2 is 0.600 bits per heavy atom. The van der Waals surface area contributed by atoms with Crippen molar-refractivity contribution in [3.63, 3.8) is 0 Å². The molecule has 0 heterocycles. The third kappa shape index (κ3) is 8.92. The van der Waals surface area contributed by atoms with Crippen molar-refractivity contribution in [1.29, 1.82) is 0 Å². The largest absolute Gasteiger partial charge is 0.326 e. The summed E-state index contributed by atoms with van der Waals surface area (Å²) >= 11 is 0. The summed E-state index contributed by atoms with van der Waals surface area (Å²) in [5, 5.41) is 13.6. The van der Waals surface area contributed by atoms with Crippen molar-refractivity contribution in [1.82, 2.24) is 0 Å². The molecule has 6 aromatic rings. The van der Waals surface area contributed by atoms with E-state index < -0.39 is 0 Å². The van der Waals surface area contributed by atoms with Gasteiger partial charge < -0.3 is 21.3 Å². The minimum Gasteiger partial charge on any atom is -0.326 e. The highest BCUT2D eigenvalue weighted by atomic mass is 15.2. The Bertz CT molecular complexity index is 1590. The smallest absolute Gasteiger partial charge is 0.205 e. The number of nitrogens with one attached hydrogen (secondary N) is 4. The van der Waals surface area contributed by atoms with Crippen molar-refractivity contribution in [2.45, 2.75) is 6.42 Å². The van der Waals surface area contributed by atoms with Crippen molar-refractivity contribution < 1.29 is 0 Å². The molecule has 0 aliphatic rings. The Morgan fingerprint density at radius 1 is 0.333 bits per heavy atom. The minimum absolute atomic E-state index is 0.652. The molecule has 6 heteroatoms. The summed E-state index contributed by atoms with van der Waals surface area (Å²) in [6.45, 7) is 0. The Morgan fingerprint density at radius 3 is 0.867 bits per heavy atom. The molecular formula is C39H34N6. The fraction of sp³-hybridized carbons (Fsp3) is 0.0256. The number of para-hydroxylation sites is 4. The van der Waals surface area contributed by atoms with Gasteiger partial charge in [0.25, 0.3) is 0 Å². The van der Waals surface area contributed by atoms with Crippen molar-refractivity contribution in [2.24, 2.45) is 9.98 Å². The van der Waals surface area contributed by atoms with Gasteiger partial charge in [-0.1, -0.05) is 97.1 Å². The summed E-state index contributed by atoms with van der Waals surface area (Å²) < 4.78 is 0. The molecule has 0 saturated heterocycles. The highest BCUT2D eigenvalue weighted by Crippen LogP contribution is 2.21. The molecule has 0 aromatic heterocycles. The van der Waals surface area contributed by atoms with Gasteiger partial charge in [0, 0.05) is 22.7 Å². The maximum Gasteiger partial charge on any atom is 0.205 e. The summed E-state index contributed by atoms with van der Waals surface area (Å²) in [7, 11) is 0. The number of rotatable bonds is 8. The number of anilines is 4. The molecule has 0 spiro atoms. The molecule has 0 bridgehead atoms. The Labute approximate surface area is 264 Å². The van der Waals surface area contributed by atoms with Crippen LogP contribution in [0.3, 0.4) is 0 Å². The number of guanidine groups is 2. The van der Waals surface area contributed by atoms with Gasteiger partial charge in [-0.3, -0.25) is 0 Å². The second-order valence-electron chi connectivity index (χ2n) is 10.4. The molecule has 0 radical (unpaired) electrons. The van der Waals surface area contributed by atoms with Crippen LogP contribution < -0.4 is 21.3 Å². The molecule has 45 heavy (non-hydrogen) atoms. The summed E-state index contributed by atoms with van der Waals surface area (Å²) in [6.07, 6.45) is 0.808. The van der Waals surface area contributed by atoms with E-state index in [1.54, 1.807) is 0 Å². The van der Waals surface area contributed by atoms with Gasteiger partial charge in [-0.2, -0.15) is 0 Å². The summed E-state index contributed by atoms with van der Waals surface area (Å²) in [5.74, 6) is 1.30. The fourth-order valence-electron chi connectivity index (χ4n) is 4.68. The number of nitrogens with zero attached hydrogens (tertiary/aromatic N) is 2. The van der Waals surface area contributed by atoms with Crippen LogP contribution in [0.25, 0.3) is 0 Å². The lowest BCUT2D eigenvalue weighted by Gasteiger charge is -2.13. The zero-order chi connectivity index (χ0) is 30.5. The maximum absolute atomic E-state index is 4.86. The lowest BCUT2D eigenvalue weighted by atomic mass is 10.0. The van der Waals surface area contributed by atoms with E-state index in [-0.39, 0.29) is 0 Å². The first-order valence-corrected chi connectivity index (χ1v) is 14.9. The third-order valence-corrected chi connectivity index (χ3v) is 6.91. The average molecular weight is 587 g/mol. The van der Waals surface area contributed by atoms with Crippen molar-refractivity contribution in [3.05, 3.63) is 181 Å². The van der Waals surface area contributed by atoms with Gasteiger partial charge in [-0.15, -0.1) is 0 Å². The molecule has 6 aromatic carbocycles. The molecule has 0 aliphatic heterocycles. The van der Waals surface area contributed by atoms with Crippen molar-refractivity contribution in [3.8, 4) is 0 Å². The molecule has 4 N–H and O–H groups in total. The van der Waals surface area contributed by atoms with Gasteiger partial charge in [0.1, 0.15) is 0 Å². The quantitative estimate of drug-likeness (QED) is 0.106. The first kappa shape index (κ1) is 29.0. The molecule has 6 nitrogen and oxygen atoms in total. The predicted octanol–water partition coefficient (Wildman–Crippen LogP) is 9.70. The summed E-state index contributed by atoms with van der Waals surface area (Å²) in [6, 6.07) is 56.8. The maximum atomic E-state index is 4.86. The second kappa shape index (κ2) is 14.8. The molecule has 0 aliphatic carbocycles. The third-order valence-electron chi connectivity index (χ3n) is 6.91. The van der Waals surface area contributed by atoms with Crippen LogP contribution in [0.1, 0.15) is 11.1 Å². The Kier molecular flexibility index (Phi) is 9.55. The molecule has 220 valence electrons. The van der Waals surface area contributed by atoms with Crippen LogP contribution in [-0.4, -0.2) is 11.9 Å². The van der Waals surface area contributed by atoms with Crippen molar-refractivity contribution >= 4 is 46.0 Å². The van der Waals surface area contributed by atoms with E-state index >= 15 is 0 Å². The number of benzene rings is 6. The van der Waals surface area contributed by atoms with Crippen LogP contribution >= 0.6 is 0 Å². The number of aliphatic imine (C=N–C) groups is 2. The lowest BCUT2D eigenvalue weighted by molar-refractivity contribution is 1.19. The van der Waals surface area contributed by atoms with E-state index in [0.717, 1.165) is 40.5 Å². The highest BCUT2D eigenvalue weighted by Gasteiger charge is 2.05. The minimum atomic E-state index is 0.652. The van der Waals surface area contributed by atoms with Gasteiger partial charge in [0.2, 0.25) is 11.9 Å². The second-order valence-corrected chi connectivity index (χ2v) is 10.4. The fourth-order valence-corrected chi connectivity index (χ4v) is 4.68. The Hall–Kier alpha value is -6.14. The van der Waals surface area contributed by atoms with Crippen LogP contribution in [0.4, 0.5) is 34.1 Å². The van der Waals surface area contributed by atoms with Crippen molar-refractivity contribution in [2.75, 3.05) is 21.3 Å². The molecule has 0 unspecified atom stereocenters. The van der Waals surface area contributed by atoms with Gasteiger partial charge in [0.05, 0.1) is 11.4 Å². The first-order valence-electron chi connectivity index (χ1n) is 14.9. The zero-order valence-electron chi connectivity index (χ0n) is 24.8. The van der Waals surface area contributed by atoms with Crippen LogP contribution in [0, 0.1) is 0 Å². The van der Waals surface area contributed by atoms with E-state index in [4.69, 9.17) is 9.98 Å². The summed E-state index contributed by atoms with van der Waals surface area (Å²) in [5.41, 5.74) is 7.97. The van der Waals surface area contributed by atoms with E-state index in [1.807, 2.05) is 146 Å². The van der Waals surface area contributed by atoms with Crippen LogP contribution in [0.15, 0.2) is 180 Å². The summed E-state index contributed by atoms with van der Waals surface area (Å²) in [4.78, 5) is 9.73. The number of hydrogen-bond donors (Lipinski definition) is 4. The first-order chi connectivity index (χ1) is 22.2. The molecule has 0 saturated carbocycles. The molecular weight excluding hydrogens is 552 g/mol. The van der Waals surface area contributed by atoms with Gasteiger partial charge in [-0.25, -0.2) is 9.98 Å². The van der Waals surface area contributed by atoms with E-state index in [2.05, 4.69) is 45.5 Å². The van der Waals surface area contributed by atoms with Crippen LogP contribution in [0.2, 0.25) is 0 Å². The average Bonchev–Trinajstić information content (AvgIpc) is 3.08. The monoisotopic (exact) mass is 586 g/mol. The molecule has 6 rings (SSSR count). The zero-order valence-corrected chi connectivity index (χ0v) is 24.8. The van der Waals surface area contributed by atoms with E-state index in [9.17, 15) is 0 Å². The van der Waals surface area contributed by atoms with E-state index in [1.165, 1.54) is 11.1 Å². The Balaban J connectivity index is 1.14. The van der Waals surface area contributed by atoms with Crippen LogP contribution in [-0.2, 0) is 6.42 Å². The molecule has 0 fully saturated rings. The standard InChI is InChI=1S/C39H34N6/c1-5-13-32(14-6-1)40-38(41-33-15-7-2-8-16-33)44-36-25-21-30(22-26-36)29-31-23-27-37(28-24-31)45-39(42-34-17-9-3-10-18-34)43-35-19-11-4-12-20-35/h1-28H,29H2,(H2,40,41,44)(H2,42,43,45). The van der Waals surface area contributed by atoms with E-state index in [0.29, 0.717) is 11.9 Å². The SMILES string of the molecule is c1ccc(NC(=Nc2ccc(Cc3ccc(N=C(Nc4ccccc4)Nc4ccccc4)cc3)cc2)Nc2ccccc2)cc1. The number of hydrogen-bond acceptors (Lipinski definition) is 2. The molecule has 0 amide bonds. The predicted molar refractivity (Wildman–Crippen MR) is 190 cm³/mol.